The fraction of sp³-hybridized carbons (Fsp3) is 0.211. The van der Waals surface area contributed by atoms with Gasteiger partial charge in [0.05, 0.1) is 18.5 Å². The van der Waals surface area contributed by atoms with Gasteiger partial charge in [-0.25, -0.2) is 14.8 Å². The molecule has 150 valence electrons. The number of hydrogen-bond acceptors (Lipinski definition) is 7. The van der Waals surface area contributed by atoms with Crippen molar-refractivity contribution in [3.63, 3.8) is 0 Å². The number of rotatable bonds is 7. The van der Waals surface area contributed by atoms with E-state index in [-0.39, 0.29) is 23.4 Å². The molecule has 2 N–H and O–H groups in total. The predicted molar refractivity (Wildman–Crippen MR) is 102 cm³/mol. The minimum absolute atomic E-state index is 0.0766. The van der Waals surface area contributed by atoms with Crippen molar-refractivity contribution in [3.05, 3.63) is 54.1 Å². The van der Waals surface area contributed by atoms with E-state index in [2.05, 4.69) is 20.4 Å². The summed E-state index contributed by atoms with van der Waals surface area (Å²) in [4.78, 5) is 31.2. The van der Waals surface area contributed by atoms with Crippen molar-refractivity contribution in [2.75, 3.05) is 5.32 Å². The molecule has 10 heteroatoms. The number of amides is 1. The van der Waals surface area contributed by atoms with E-state index in [0.29, 0.717) is 17.1 Å². The molecule has 0 unspecified atom stereocenters. The number of aromatic nitrogens is 4. The molecule has 0 atom stereocenters. The normalized spacial score (nSPS) is 10.6. The molecule has 0 spiro atoms. The topological polar surface area (TPSA) is 128 Å². The van der Waals surface area contributed by atoms with Crippen LogP contribution in [0, 0.1) is 0 Å². The Morgan fingerprint density at radius 3 is 2.48 bits per heavy atom. The predicted octanol–water partition coefficient (Wildman–Crippen LogP) is 2.74. The molecule has 3 aromatic rings. The average molecular weight is 397 g/mol. The first-order valence-corrected chi connectivity index (χ1v) is 8.66. The zero-order chi connectivity index (χ0) is 21.0. The van der Waals surface area contributed by atoms with Gasteiger partial charge in [0.25, 0.3) is 5.91 Å². The molecule has 29 heavy (non-hydrogen) atoms. The summed E-state index contributed by atoms with van der Waals surface area (Å²) in [5.74, 6) is -0.386. The number of nitrogens with one attached hydrogen (secondary N) is 1. The van der Waals surface area contributed by atoms with E-state index < -0.39 is 11.9 Å². The minimum atomic E-state index is -1.19. The smallest absolute Gasteiger partial charge is 0.356 e. The van der Waals surface area contributed by atoms with E-state index in [1.807, 2.05) is 13.8 Å². The lowest BCUT2D eigenvalue weighted by atomic mass is 10.2. The summed E-state index contributed by atoms with van der Waals surface area (Å²) in [5, 5.41) is 15.7. The molecule has 0 aliphatic carbocycles. The molecular weight excluding hydrogens is 378 g/mol. The van der Waals surface area contributed by atoms with Crippen LogP contribution in [0.3, 0.4) is 0 Å². The van der Waals surface area contributed by atoms with E-state index >= 15 is 0 Å². The first kappa shape index (κ1) is 19.8. The first-order valence-electron chi connectivity index (χ1n) is 8.66. The Balaban J connectivity index is 1.86. The average Bonchev–Trinajstić information content (AvgIpc) is 3.06. The maximum Gasteiger partial charge on any atom is 0.356 e. The van der Waals surface area contributed by atoms with Crippen molar-refractivity contribution in [3.8, 4) is 17.4 Å². The second kappa shape index (κ2) is 8.38. The Bertz CT molecular complexity index is 1030. The van der Waals surface area contributed by atoms with Gasteiger partial charge in [0.15, 0.2) is 11.5 Å². The number of hydrogen-bond donors (Lipinski definition) is 2. The number of carbonyl (C=O) groups excluding carboxylic acids is 1. The van der Waals surface area contributed by atoms with Gasteiger partial charge in [-0.1, -0.05) is 0 Å². The van der Waals surface area contributed by atoms with Crippen molar-refractivity contribution in [2.45, 2.75) is 20.0 Å². The summed E-state index contributed by atoms with van der Waals surface area (Å²) in [6.07, 6.45) is 3.86. The van der Waals surface area contributed by atoms with Gasteiger partial charge < -0.3 is 19.9 Å². The maximum atomic E-state index is 12.6. The lowest BCUT2D eigenvalue weighted by molar-refractivity contribution is 0.0689. The highest BCUT2D eigenvalue weighted by Gasteiger charge is 2.14. The van der Waals surface area contributed by atoms with Crippen LogP contribution >= 0.6 is 0 Å². The van der Waals surface area contributed by atoms with Crippen molar-refractivity contribution >= 4 is 17.7 Å². The summed E-state index contributed by atoms with van der Waals surface area (Å²) in [5.41, 5.74) is 0.0867. The van der Waals surface area contributed by atoms with Gasteiger partial charge >= 0.3 is 5.97 Å². The lowest BCUT2D eigenvalue weighted by Crippen LogP contribution is -2.14. The van der Waals surface area contributed by atoms with Crippen LogP contribution in [0.15, 0.2) is 42.9 Å². The molecule has 2 aromatic heterocycles. The fourth-order valence-electron chi connectivity index (χ4n) is 2.37. The van der Waals surface area contributed by atoms with Crippen LogP contribution in [0.2, 0.25) is 0 Å². The van der Waals surface area contributed by atoms with Crippen molar-refractivity contribution in [1.29, 1.82) is 0 Å². The van der Waals surface area contributed by atoms with E-state index in [1.54, 1.807) is 36.1 Å². The van der Waals surface area contributed by atoms with Gasteiger partial charge in [0.2, 0.25) is 5.88 Å². The molecule has 10 nitrogen and oxygen atoms in total. The summed E-state index contributed by atoms with van der Waals surface area (Å²) in [6.45, 7) is 3.72. The van der Waals surface area contributed by atoms with E-state index in [1.165, 1.54) is 12.3 Å². The minimum Gasteiger partial charge on any atom is -0.491 e. The Hall–Kier alpha value is -3.95. The number of carbonyl (C=O) groups is 2. The van der Waals surface area contributed by atoms with Crippen molar-refractivity contribution in [1.82, 2.24) is 19.7 Å². The quantitative estimate of drug-likeness (QED) is 0.623. The van der Waals surface area contributed by atoms with Crippen molar-refractivity contribution in [2.24, 2.45) is 7.05 Å². The third-order valence-electron chi connectivity index (χ3n) is 3.54. The summed E-state index contributed by atoms with van der Waals surface area (Å²) >= 11 is 0. The fourth-order valence-corrected chi connectivity index (χ4v) is 2.37. The van der Waals surface area contributed by atoms with Crippen LogP contribution in [0.4, 0.5) is 5.82 Å². The number of nitrogens with zero attached hydrogens (tertiary/aromatic N) is 4. The van der Waals surface area contributed by atoms with Gasteiger partial charge in [-0.15, -0.1) is 0 Å². The number of anilines is 1. The highest BCUT2D eigenvalue weighted by molar-refractivity contribution is 6.04. The Morgan fingerprint density at radius 2 is 1.90 bits per heavy atom. The van der Waals surface area contributed by atoms with Crippen LogP contribution in [0.1, 0.15) is 34.7 Å². The second-order valence-corrected chi connectivity index (χ2v) is 6.34. The molecule has 0 aliphatic heterocycles. The summed E-state index contributed by atoms with van der Waals surface area (Å²) < 4.78 is 12.9. The second-order valence-electron chi connectivity index (χ2n) is 6.34. The lowest BCUT2D eigenvalue weighted by Gasteiger charge is -2.13. The number of carboxylic acids is 1. The zero-order valence-electron chi connectivity index (χ0n) is 16.0. The van der Waals surface area contributed by atoms with Crippen molar-refractivity contribution < 1.29 is 24.2 Å². The molecule has 0 saturated heterocycles. The molecule has 0 radical (unpaired) electrons. The molecule has 1 aromatic carbocycles. The van der Waals surface area contributed by atoms with Crippen LogP contribution < -0.4 is 14.8 Å². The van der Waals surface area contributed by atoms with Gasteiger partial charge in [-0.3, -0.25) is 9.48 Å². The van der Waals surface area contributed by atoms with Gasteiger partial charge in [-0.2, -0.15) is 5.10 Å². The third kappa shape index (κ3) is 5.28. The standard InChI is InChI=1S/C19H19N5O5/c1-11(2)28-13-6-12(18(25)22-16-4-5-24(3)23-16)7-14(8-13)29-17-10-20-15(9-21-17)19(26)27/h4-11H,1-3H3,(H,26,27)(H,22,23,25). The number of benzene rings is 1. The first-order chi connectivity index (χ1) is 13.8. The molecule has 3 rings (SSSR count). The van der Waals surface area contributed by atoms with Gasteiger partial charge in [0.1, 0.15) is 11.5 Å². The number of carboxylic acid groups (broad SMARTS) is 1. The van der Waals surface area contributed by atoms with E-state index in [4.69, 9.17) is 14.6 Å². The van der Waals surface area contributed by atoms with E-state index in [9.17, 15) is 9.59 Å². The number of ether oxygens (including phenoxy) is 2. The van der Waals surface area contributed by atoms with Gasteiger partial charge in [-0.05, 0) is 26.0 Å². The van der Waals surface area contributed by atoms with E-state index in [0.717, 1.165) is 6.20 Å². The molecular formula is C19H19N5O5. The maximum absolute atomic E-state index is 12.6. The van der Waals surface area contributed by atoms with Crippen LogP contribution in [-0.2, 0) is 7.05 Å². The molecule has 2 heterocycles. The SMILES string of the molecule is CC(C)Oc1cc(Oc2cnc(C(=O)O)cn2)cc(C(=O)Nc2ccn(C)n2)c1. The molecule has 0 bridgehead atoms. The Morgan fingerprint density at radius 1 is 1.14 bits per heavy atom. The number of aromatic carboxylic acids is 1. The van der Waals surface area contributed by atoms with Crippen LogP contribution in [0.25, 0.3) is 0 Å². The van der Waals surface area contributed by atoms with Gasteiger partial charge in [0, 0.05) is 30.9 Å². The zero-order valence-corrected chi connectivity index (χ0v) is 16.0. The summed E-state index contributed by atoms with van der Waals surface area (Å²) in [7, 11) is 1.75. The number of aryl methyl sites for hydroxylation is 1. The summed E-state index contributed by atoms with van der Waals surface area (Å²) in [6, 6.07) is 6.37. The molecule has 0 aliphatic rings. The molecule has 0 fully saturated rings. The molecule has 1 amide bonds. The Labute approximate surface area is 166 Å². The highest BCUT2D eigenvalue weighted by atomic mass is 16.5. The molecule has 0 saturated carbocycles. The monoisotopic (exact) mass is 397 g/mol. The largest absolute Gasteiger partial charge is 0.491 e. The Kier molecular flexibility index (Phi) is 5.72. The third-order valence-corrected chi connectivity index (χ3v) is 3.54. The van der Waals surface area contributed by atoms with Crippen LogP contribution in [0.5, 0.6) is 17.4 Å². The van der Waals surface area contributed by atoms with Crippen LogP contribution in [-0.4, -0.2) is 42.8 Å². The highest BCUT2D eigenvalue weighted by Crippen LogP contribution is 2.27.